The monoisotopic (exact) mass is 506 g/mol. The number of amides is 1. The number of ketones is 1. The highest BCUT2D eigenvalue weighted by atomic mass is 32.2. The van der Waals surface area contributed by atoms with Gasteiger partial charge in [-0.25, -0.2) is 13.6 Å². The molecule has 1 heterocycles. The molecular formula is C27H26N2O6S. The van der Waals surface area contributed by atoms with Crippen molar-refractivity contribution in [1.82, 2.24) is 0 Å². The zero-order chi connectivity index (χ0) is 26.2. The van der Waals surface area contributed by atoms with Crippen molar-refractivity contribution >= 4 is 33.2 Å². The second kappa shape index (κ2) is 9.60. The number of primary sulfonamides is 1. The van der Waals surface area contributed by atoms with Crippen LogP contribution in [0.2, 0.25) is 0 Å². The molecule has 1 unspecified atom stereocenters. The third kappa shape index (κ3) is 4.50. The summed E-state index contributed by atoms with van der Waals surface area (Å²) in [4.78, 5) is 27.7. The van der Waals surface area contributed by atoms with Gasteiger partial charge in [0.2, 0.25) is 10.0 Å². The Kier molecular flexibility index (Phi) is 6.71. The fraction of sp³-hybridized carbons (Fsp3) is 0.185. The average Bonchev–Trinajstić information content (AvgIpc) is 3.13. The summed E-state index contributed by atoms with van der Waals surface area (Å²) in [5.41, 5.74) is 2.04. The van der Waals surface area contributed by atoms with E-state index in [2.05, 4.69) is 0 Å². The van der Waals surface area contributed by atoms with Gasteiger partial charge in [-0.2, -0.15) is 0 Å². The number of methoxy groups -OCH3 is 1. The molecule has 1 amide bonds. The molecule has 1 aliphatic heterocycles. The van der Waals surface area contributed by atoms with Crippen LogP contribution < -0.4 is 14.8 Å². The summed E-state index contributed by atoms with van der Waals surface area (Å²) in [6.07, 6.45) is 0. The zero-order valence-corrected chi connectivity index (χ0v) is 20.8. The largest absolute Gasteiger partial charge is 0.507 e. The van der Waals surface area contributed by atoms with E-state index in [0.717, 1.165) is 5.56 Å². The van der Waals surface area contributed by atoms with E-state index in [1.807, 2.05) is 13.8 Å². The minimum atomic E-state index is -3.94. The molecule has 0 aromatic heterocycles. The predicted octanol–water partition coefficient (Wildman–Crippen LogP) is 4.09. The van der Waals surface area contributed by atoms with Crippen molar-refractivity contribution in [1.29, 1.82) is 0 Å². The molecule has 0 aliphatic carbocycles. The molecule has 186 valence electrons. The average molecular weight is 507 g/mol. The lowest BCUT2D eigenvalue weighted by molar-refractivity contribution is -0.132. The highest BCUT2D eigenvalue weighted by Gasteiger charge is 2.47. The second-order valence-electron chi connectivity index (χ2n) is 8.73. The molecular weight excluding hydrogens is 480 g/mol. The topological polar surface area (TPSA) is 127 Å². The van der Waals surface area contributed by atoms with Crippen molar-refractivity contribution in [3.8, 4) is 5.75 Å². The van der Waals surface area contributed by atoms with Gasteiger partial charge < -0.3 is 9.84 Å². The first-order valence-corrected chi connectivity index (χ1v) is 12.8. The van der Waals surface area contributed by atoms with Gasteiger partial charge in [0.15, 0.2) is 0 Å². The third-order valence-corrected chi connectivity index (χ3v) is 7.06. The molecule has 1 fully saturated rings. The van der Waals surface area contributed by atoms with Gasteiger partial charge in [0.1, 0.15) is 11.5 Å². The molecule has 3 aromatic rings. The Morgan fingerprint density at radius 3 is 2.19 bits per heavy atom. The van der Waals surface area contributed by atoms with Crippen LogP contribution in [0.25, 0.3) is 5.76 Å². The Morgan fingerprint density at radius 1 is 1.00 bits per heavy atom. The number of nitrogens with zero attached hydrogens (tertiary/aromatic N) is 1. The maximum absolute atomic E-state index is 13.3. The lowest BCUT2D eigenvalue weighted by Crippen LogP contribution is -2.29. The number of hydrogen-bond donors (Lipinski definition) is 2. The molecule has 0 bridgehead atoms. The van der Waals surface area contributed by atoms with Crippen LogP contribution in [0.1, 0.15) is 42.5 Å². The highest BCUT2D eigenvalue weighted by Crippen LogP contribution is 2.42. The summed E-state index contributed by atoms with van der Waals surface area (Å²) in [5.74, 6) is -1.27. The number of nitrogens with two attached hydrogens (primary N) is 1. The van der Waals surface area contributed by atoms with E-state index in [4.69, 9.17) is 9.88 Å². The Hall–Kier alpha value is -3.95. The van der Waals surface area contributed by atoms with Crippen LogP contribution in [-0.2, 0) is 19.6 Å². The van der Waals surface area contributed by atoms with E-state index in [1.54, 1.807) is 55.6 Å². The van der Waals surface area contributed by atoms with Crippen LogP contribution in [0, 0.1) is 0 Å². The van der Waals surface area contributed by atoms with Gasteiger partial charge in [-0.15, -0.1) is 0 Å². The first kappa shape index (κ1) is 25.2. The van der Waals surface area contributed by atoms with Gasteiger partial charge in [0.05, 0.1) is 23.6 Å². The number of carbonyl (C=O) groups excluding carboxylic acids is 2. The second-order valence-corrected chi connectivity index (χ2v) is 10.3. The van der Waals surface area contributed by atoms with E-state index in [9.17, 15) is 23.1 Å². The van der Waals surface area contributed by atoms with Crippen LogP contribution in [-0.4, -0.2) is 32.3 Å². The summed E-state index contributed by atoms with van der Waals surface area (Å²) >= 11 is 0. The number of anilines is 1. The number of hydrogen-bond acceptors (Lipinski definition) is 6. The van der Waals surface area contributed by atoms with Crippen molar-refractivity contribution in [2.45, 2.75) is 30.7 Å². The first-order valence-electron chi connectivity index (χ1n) is 11.2. The molecule has 1 aliphatic rings. The standard InChI is InChI=1S/C27H26N2O6S/c1-16(2)21-15-18(9-14-22(21)35-3)25(30)23-24(17-7-5-4-6-8-17)29(27(32)26(23)31)19-10-12-20(13-11-19)36(28,33)34/h4-16,24,30H,1-3H3,(H2,28,33,34)/b25-23-. The van der Waals surface area contributed by atoms with Crippen LogP contribution in [0.15, 0.2) is 83.3 Å². The molecule has 1 atom stereocenters. The quantitative estimate of drug-likeness (QED) is 0.295. The number of sulfonamides is 1. The van der Waals surface area contributed by atoms with Crippen molar-refractivity contribution < 1.29 is 27.9 Å². The van der Waals surface area contributed by atoms with Crippen LogP contribution >= 0.6 is 0 Å². The first-order chi connectivity index (χ1) is 17.0. The lowest BCUT2D eigenvalue weighted by atomic mass is 9.93. The molecule has 0 saturated carbocycles. The Balaban J connectivity index is 1.91. The summed E-state index contributed by atoms with van der Waals surface area (Å²) < 4.78 is 28.8. The number of rotatable bonds is 6. The Labute approximate surface area is 209 Å². The van der Waals surface area contributed by atoms with Gasteiger partial charge in [0.25, 0.3) is 11.7 Å². The fourth-order valence-corrected chi connectivity index (χ4v) is 4.85. The molecule has 0 spiro atoms. The molecule has 8 nitrogen and oxygen atoms in total. The van der Waals surface area contributed by atoms with Gasteiger partial charge in [-0.3, -0.25) is 14.5 Å². The maximum atomic E-state index is 13.3. The summed E-state index contributed by atoms with van der Waals surface area (Å²) in [5, 5.41) is 16.6. The molecule has 36 heavy (non-hydrogen) atoms. The number of aliphatic hydroxyl groups excluding tert-OH is 1. The van der Waals surface area contributed by atoms with Crippen molar-refractivity contribution in [3.05, 3.63) is 95.1 Å². The summed E-state index contributed by atoms with van der Waals surface area (Å²) in [6.45, 7) is 3.96. The van der Waals surface area contributed by atoms with E-state index in [-0.39, 0.29) is 27.8 Å². The van der Waals surface area contributed by atoms with Crippen LogP contribution in [0.5, 0.6) is 5.75 Å². The summed E-state index contributed by atoms with van der Waals surface area (Å²) in [6, 6.07) is 18.4. The Morgan fingerprint density at radius 2 is 1.64 bits per heavy atom. The molecule has 0 radical (unpaired) electrons. The fourth-order valence-electron chi connectivity index (χ4n) is 4.33. The Bertz CT molecular complexity index is 1460. The minimum Gasteiger partial charge on any atom is -0.507 e. The van der Waals surface area contributed by atoms with E-state index in [0.29, 0.717) is 16.9 Å². The molecule has 3 N–H and O–H groups in total. The zero-order valence-electron chi connectivity index (χ0n) is 20.0. The predicted molar refractivity (Wildman–Crippen MR) is 136 cm³/mol. The van der Waals surface area contributed by atoms with Gasteiger partial charge in [0, 0.05) is 11.3 Å². The van der Waals surface area contributed by atoms with Crippen molar-refractivity contribution in [2.24, 2.45) is 5.14 Å². The normalized spacial score (nSPS) is 17.6. The van der Waals surface area contributed by atoms with E-state index >= 15 is 0 Å². The van der Waals surface area contributed by atoms with Crippen LogP contribution in [0.3, 0.4) is 0 Å². The minimum absolute atomic E-state index is 0.0680. The van der Waals surface area contributed by atoms with Crippen molar-refractivity contribution in [3.63, 3.8) is 0 Å². The smallest absolute Gasteiger partial charge is 0.300 e. The molecule has 4 rings (SSSR count). The lowest BCUT2D eigenvalue weighted by Gasteiger charge is -2.25. The summed E-state index contributed by atoms with van der Waals surface area (Å²) in [7, 11) is -2.38. The molecule has 1 saturated heterocycles. The number of Topliss-reactive ketones (excluding diaryl/α,β-unsaturated/α-hetero) is 1. The maximum Gasteiger partial charge on any atom is 0.300 e. The van der Waals surface area contributed by atoms with Gasteiger partial charge in [-0.1, -0.05) is 44.2 Å². The number of benzene rings is 3. The third-order valence-electron chi connectivity index (χ3n) is 6.13. The van der Waals surface area contributed by atoms with Crippen LogP contribution in [0.4, 0.5) is 5.69 Å². The SMILES string of the molecule is COc1ccc(/C(O)=C2/C(=O)C(=O)N(c3ccc(S(N)(=O)=O)cc3)C2c2ccccc2)cc1C(C)C. The van der Waals surface area contributed by atoms with Gasteiger partial charge >= 0.3 is 0 Å². The molecule has 9 heteroatoms. The van der Waals surface area contributed by atoms with Crippen molar-refractivity contribution in [2.75, 3.05) is 12.0 Å². The number of carbonyl (C=O) groups is 2. The van der Waals surface area contributed by atoms with E-state index < -0.39 is 27.8 Å². The number of aliphatic hydroxyl groups is 1. The van der Waals surface area contributed by atoms with E-state index in [1.165, 1.54) is 29.2 Å². The van der Waals surface area contributed by atoms with Gasteiger partial charge in [-0.05, 0) is 59.5 Å². The highest BCUT2D eigenvalue weighted by molar-refractivity contribution is 7.89. The number of ether oxygens (including phenoxy) is 1. The molecule has 3 aromatic carbocycles.